The number of thioether (sulfide) groups is 1. The number of nitrogens with zero attached hydrogens (tertiary/aromatic N) is 4. The van der Waals surface area contributed by atoms with Crippen LogP contribution >= 0.6 is 11.8 Å². The quantitative estimate of drug-likeness (QED) is 0.0267. The summed E-state index contributed by atoms with van der Waals surface area (Å²) >= 11 is 1.63. The Kier molecular flexibility index (Phi) is 15.8. The van der Waals surface area contributed by atoms with Crippen molar-refractivity contribution in [2.45, 2.75) is 74.8 Å². The molecular weight excluding hydrogens is 929 g/mol. The first-order valence-corrected chi connectivity index (χ1v) is 25.9. The lowest BCUT2D eigenvalue weighted by molar-refractivity contribution is -0.384. The third-order valence-electron chi connectivity index (χ3n) is 12.6. The van der Waals surface area contributed by atoms with Crippen LogP contribution in [0.1, 0.15) is 70.1 Å². The number of pyridine rings is 1. The standard InChI is InChI=1S/C53H56N6O9S2/c1-4-67-40-25-28-57(29-26-40)27-24-39(34-69-41-15-6-5-7-16-41)54-45-23-22-42(33-48(45)59(63)64)70(65,66)56-52(60)38-31-35(2)50(36(3)32-38)47-20-11-19-46-44(51(53(61)62)55-58(46)47)18-12-30-68-49-21-10-14-37-13-8-9-17-43(37)49/h5-11,13-17,19-23,31-33,39-40,54H,4,12,18,24-30,34H2,1-3H3,(H,56,60)(H,61,62)/t39-/m1/s1. The number of ether oxygens (including phenoxy) is 2. The van der Waals surface area contributed by atoms with Crippen LogP contribution in [-0.4, -0.2) is 95.6 Å². The van der Waals surface area contributed by atoms with Gasteiger partial charge in [0.05, 0.1) is 33.7 Å². The second-order valence-electron chi connectivity index (χ2n) is 17.4. The zero-order valence-electron chi connectivity index (χ0n) is 39.3. The van der Waals surface area contributed by atoms with E-state index in [0.29, 0.717) is 71.7 Å². The molecule has 0 bridgehead atoms. The molecule has 5 aromatic carbocycles. The van der Waals surface area contributed by atoms with E-state index in [1.54, 1.807) is 48.3 Å². The van der Waals surface area contributed by atoms with E-state index in [-0.39, 0.29) is 29.1 Å². The van der Waals surface area contributed by atoms with Crippen molar-refractivity contribution < 1.29 is 37.5 Å². The molecule has 1 fully saturated rings. The van der Waals surface area contributed by atoms with Gasteiger partial charge in [-0.05, 0) is 124 Å². The van der Waals surface area contributed by atoms with Gasteiger partial charge in [-0.3, -0.25) is 14.9 Å². The number of hydrogen-bond acceptors (Lipinski definition) is 12. The molecule has 1 atom stereocenters. The lowest BCUT2D eigenvalue weighted by Gasteiger charge is -2.32. The Morgan fingerprint density at radius 1 is 0.929 bits per heavy atom. The molecule has 70 heavy (non-hydrogen) atoms. The van der Waals surface area contributed by atoms with E-state index in [0.717, 1.165) is 60.0 Å². The molecule has 17 heteroatoms. The Morgan fingerprint density at radius 3 is 2.37 bits per heavy atom. The molecule has 15 nitrogen and oxygen atoms in total. The molecule has 1 aliphatic heterocycles. The van der Waals surface area contributed by atoms with Crippen LogP contribution in [0.15, 0.2) is 131 Å². The highest BCUT2D eigenvalue weighted by Crippen LogP contribution is 2.34. The molecule has 3 N–H and O–H groups in total. The highest BCUT2D eigenvalue weighted by molar-refractivity contribution is 7.99. The van der Waals surface area contributed by atoms with Crippen LogP contribution in [0.2, 0.25) is 0 Å². The zero-order chi connectivity index (χ0) is 49.4. The molecule has 2 aromatic heterocycles. The number of nitro groups is 1. The van der Waals surface area contributed by atoms with E-state index >= 15 is 0 Å². The first-order valence-electron chi connectivity index (χ1n) is 23.4. The minimum absolute atomic E-state index is 0.0433. The summed E-state index contributed by atoms with van der Waals surface area (Å²) in [4.78, 5) is 41.2. The number of carboxylic acid groups (broad SMARTS) is 1. The topological polar surface area (TPSA) is 195 Å². The number of piperidine rings is 1. The molecule has 8 rings (SSSR count). The lowest BCUT2D eigenvalue weighted by Crippen LogP contribution is -2.39. The van der Waals surface area contributed by atoms with Gasteiger partial charge in [0.25, 0.3) is 21.6 Å². The number of sulfonamides is 1. The maximum absolute atomic E-state index is 13.8. The van der Waals surface area contributed by atoms with Gasteiger partial charge in [-0.1, -0.05) is 60.7 Å². The van der Waals surface area contributed by atoms with Crippen molar-refractivity contribution in [3.05, 3.63) is 159 Å². The van der Waals surface area contributed by atoms with Crippen LogP contribution in [0.3, 0.4) is 0 Å². The fraction of sp³-hybridized carbons (Fsp3) is 0.302. The van der Waals surface area contributed by atoms with Crippen molar-refractivity contribution in [1.82, 2.24) is 19.2 Å². The number of nitrogens with one attached hydrogen (secondary N) is 2. The predicted molar refractivity (Wildman–Crippen MR) is 273 cm³/mol. The van der Waals surface area contributed by atoms with Gasteiger partial charge in [-0.15, -0.1) is 11.8 Å². The second-order valence-corrected chi connectivity index (χ2v) is 20.2. The number of amides is 1. The molecule has 0 saturated carbocycles. The number of aromatic nitrogens is 2. The van der Waals surface area contributed by atoms with E-state index in [1.165, 1.54) is 12.1 Å². The van der Waals surface area contributed by atoms with Gasteiger partial charge >= 0.3 is 5.97 Å². The lowest BCUT2D eigenvalue weighted by atomic mass is 9.96. The monoisotopic (exact) mass is 984 g/mol. The average Bonchev–Trinajstić information content (AvgIpc) is 3.73. The summed E-state index contributed by atoms with van der Waals surface area (Å²) in [5.74, 6) is -0.737. The largest absolute Gasteiger partial charge is 0.493 e. The van der Waals surface area contributed by atoms with Gasteiger partial charge in [0.2, 0.25) is 0 Å². The number of carbonyl (C=O) groups excluding carboxylic acids is 1. The van der Waals surface area contributed by atoms with Crippen LogP contribution in [0.4, 0.5) is 11.4 Å². The van der Waals surface area contributed by atoms with Gasteiger partial charge in [-0.2, -0.15) is 5.10 Å². The number of anilines is 1. The Hall–Kier alpha value is -6.79. The Bertz CT molecular complexity index is 3110. The van der Waals surface area contributed by atoms with Crippen molar-refractivity contribution in [2.75, 3.05) is 43.9 Å². The van der Waals surface area contributed by atoms with E-state index in [1.807, 2.05) is 91.9 Å². The highest BCUT2D eigenvalue weighted by atomic mass is 32.2. The number of carboxylic acids is 1. The van der Waals surface area contributed by atoms with Gasteiger partial charge < -0.3 is 24.8 Å². The highest BCUT2D eigenvalue weighted by Gasteiger charge is 2.28. The van der Waals surface area contributed by atoms with Crippen LogP contribution in [0.25, 0.3) is 27.5 Å². The van der Waals surface area contributed by atoms with Crippen LogP contribution in [0, 0.1) is 24.0 Å². The van der Waals surface area contributed by atoms with E-state index in [4.69, 9.17) is 9.47 Å². The Labute approximate surface area is 411 Å². The Morgan fingerprint density at radius 2 is 1.64 bits per heavy atom. The number of aromatic carboxylic acids is 1. The smallest absolute Gasteiger partial charge is 0.356 e. The number of carbonyl (C=O) groups is 2. The van der Waals surface area contributed by atoms with Crippen molar-refractivity contribution >= 4 is 61.3 Å². The molecule has 1 aliphatic rings. The summed E-state index contributed by atoms with van der Waals surface area (Å²) in [6.45, 7) is 9.15. The molecule has 0 aliphatic carbocycles. The molecule has 7 aromatic rings. The van der Waals surface area contributed by atoms with Gasteiger partial charge in [0.15, 0.2) is 5.69 Å². The van der Waals surface area contributed by atoms with Gasteiger partial charge in [0, 0.05) is 71.1 Å². The number of likely N-dealkylation sites (tertiary alicyclic amines) is 1. The van der Waals surface area contributed by atoms with Gasteiger partial charge in [0.1, 0.15) is 11.4 Å². The summed E-state index contributed by atoms with van der Waals surface area (Å²) in [5.41, 5.74) is 3.34. The molecule has 0 spiro atoms. The van der Waals surface area contributed by atoms with Gasteiger partial charge in [-0.25, -0.2) is 22.4 Å². The third-order valence-corrected chi connectivity index (χ3v) is 15.1. The first kappa shape index (κ1) is 49.6. The van der Waals surface area contributed by atoms with Crippen molar-refractivity contribution in [3.8, 4) is 17.0 Å². The minimum Gasteiger partial charge on any atom is -0.493 e. The number of benzene rings is 5. The SMILES string of the molecule is CCOC1CCN(CC[C@H](CSc2ccccc2)Nc2ccc(S(=O)(=O)NC(=O)c3cc(C)c(-c4cccc5c(CCCOc6cccc7ccccc67)c(C(=O)O)nn45)c(C)c3)cc2[N+](=O)[O-])CC1. The Balaban J connectivity index is 0.969. The first-order chi connectivity index (χ1) is 33.8. The third kappa shape index (κ3) is 11.6. The summed E-state index contributed by atoms with van der Waals surface area (Å²) in [6.07, 6.45) is 3.75. The maximum atomic E-state index is 13.8. The summed E-state index contributed by atoms with van der Waals surface area (Å²) in [5, 5.41) is 32.7. The van der Waals surface area contributed by atoms with Crippen LogP contribution in [-0.2, 0) is 21.2 Å². The van der Waals surface area contributed by atoms with Crippen LogP contribution in [0.5, 0.6) is 5.75 Å². The molecule has 0 unspecified atom stereocenters. The molecule has 364 valence electrons. The predicted octanol–water partition coefficient (Wildman–Crippen LogP) is 9.97. The van der Waals surface area contributed by atoms with Crippen molar-refractivity contribution in [1.29, 1.82) is 0 Å². The van der Waals surface area contributed by atoms with E-state index < -0.39 is 37.4 Å². The minimum atomic E-state index is -4.58. The second kappa shape index (κ2) is 22.3. The van der Waals surface area contributed by atoms with Crippen molar-refractivity contribution in [3.63, 3.8) is 0 Å². The fourth-order valence-corrected chi connectivity index (χ4v) is 11.2. The molecule has 3 heterocycles. The number of nitro benzene ring substituents is 1. The molecule has 0 radical (unpaired) electrons. The number of fused-ring (bicyclic) bond motifs is 2. The number of hydrogen-bond donors (Lipinski definition) is 3. The average molecular weight is 985 g/mol. The fourth-order valence-electron chi connectivity index (χ4n) is 9.17. The summed E-state index contributed by atoms with van der Waals surface area (Å²) in [7, 11) is -4.58. The summed E-state index contributed by atoms with van der Waals surface area (Å²) < 4.78 is 43.2. The maximum Gasteiger partial charge on any atom is 0.356 e. The molecule has 1 amide bonds. The van der Waals surface area contributed by atoms with E-state index in [2.05, 4.69) is 20.0 Å². The van der Waals surface area contributed by atoms with Crippen LogP contribution < -0.4 is 14.8 Å². The molecular formula is C53H56N6O9S2. The summed E-state index contributed by atoms with van der Waals surface area (Å²) in [6, 6.07) is 35.6. The van der Waals surface area contributed by atoms with Crippen molar-refractivity contribution in [2.24, 2.45) is 0 Å². The van der Waals surface area contributed by atoms with E-state index in [9.17, 15) is 33.2 Å². The number of rotatable bonds is 21. The zero-order valence-corrected chi connectivity index (χ0v) is 40.9. The normalized spacial score (nSPS) is 13.9. The number of aryl methyl sites for hydroxylation is 3. The molecule has 1 saturated heterocycles.